The van der Waals surface area contributed by atoms with Crippen LogP contribution in [0.25, 0.3) is 44.7 Å². The zero-order valence-electron chi connectivity index (χ0n) is 24.9. The first-order chi connectivity index (χ1) is 20.3. The highest BCUT2D eigenvalue weighted by Gasteiger charge is 2.19. The summed E-state index contributed by atoms with van der Waals surface area (Å²) < 4.78 is 2.01. The number of carbonyl (C=O) groups is 1. The van der Waals surface area contributed by atoms with Gasteiger partial charge in [0.15, 0.2) is 0 Å². The Bertz CT molecular complexity index is 1670. The number of aromatic amines is 1. The molecular weight excluding hydrogens is 522 g/mol. The van der Waals surface area contributed by atoms with Gasteiger partial charge in [-0.3, -0.25) is 14.4 Å². The Labute approximate surface area is 247 Å². The lowest BCUT2D eigenvalue weighted by molar-refractivity contribution is -0.117. The van der Waals surface area contributed by atoms with Crippen molar-refractivity contribution in [2.24, 2.45) is 0 Å². The van der Waals surface area contributed by atoms with Crippen LogP contribution >= 0.6 is 0 Å². The molecule has 0 radical (unpaired) electrons. The molecule has 5 aromatic rings. The number of anilines is 1. The molecule has 8 heteroatoms. The summed E-state index contributed by atoms with van der Waals surface area (Å²) in [6.07, 6.45) is 6.33. The lowest BCUT2D eigenvalue weighted by atomic mass is 9.99. The lowest BCUT2D eigenvalue weighted by Crippen LogP contribution is -2.30. The van der Waals surface area contributed by atoms with Crippen molar-refractivity contribution in [2.75, 3.05) is 39.0 Å². The molecule has 0 saturated carbocycles. The second kappa shape index (κ2) is 11.9. The summed E-state index contributed by atoms with van der Waals surface area (Å²) in [6, 6.07) is 21.2. The molecule has 0 aliphatic carbocycles. The molecule has 0 spiro atoms. The Morgan fingerprint density at radius 1 is 0.976 bits per heavy atom. The fourth-order valence-corrected chi connectivity index (χ4v) is 5.69. The van der Waals surface area contributed by atoms with Crippen LogP contribution in [0.4, 0.5) is 5.69 Å². The van der Waals surface area contributed by atoms with Gasteiger partial charge in [-0.05, 0) is 94.8 Å². The second-order valence-corrected chi connectivity index (χ2v) is 11.8. The van der Waals surface area contributed by atoms with E-state index in [-0.39, 0.29) is 11.9 Å². The van der Waals surface area contributed by atoms with Crippen LogP contribution in [-0.2, 0) is 11.3 Å². The van der Waals surface area contributed by atoms with E-state index in [0.29, 0.717) is 6.54 Å². The van der Waals surface area contributed by atoms with Gasteiger partial charge in [-0.1, -0.05) is 36.4 Å². The zero-order chi connectivity index (χ0) is 29.2. The van der Waals surface area contributed by atoms with Gasteiger partial charge in [0, 0.05) is 52.9 Å². The Morgan fingerprint density at radius 3 is 2.38 bits per heavy atom. The number of carbonyl (C=O) groups excluding carboxylic acids is 1. The fraction of sp³-hybridized carbons (Fsp3) is 0.324. The van der Waals surface area contributed by atoms with Crippen molar-refractivity contribution in [1.82, 2.24) is 29.5 Å². The molecule has 2 N–H and O–H groups in total. The monoisotopic (exact) mass is 561 g/mol. The molecule has 1 aliphatic heterocycles. The molecule has 0 bridgehead atoms. The van der Waals surface area contributed by atoms with Crippen molar-refractivity contribution in [3.8, 4) is 33.6 Å². The number of hydrogen-bond donors (Lipinski definition) is 2. The molecule has 0 unspecified atom stereocenters. The van der Waals surface area contributed by atoms with Crippen molar-refractivity contribution >= 4 is 22.6 Å². The molecule has 0 atom stereocenters. The largest absolute Gasteiger partial charge is 0.339 e. The van der Waals surface area contributed by atoms with E-state index in [1.165, 1.54) is 18.4 Å². The SMILES string of the molecule is CC(C)n1cc(-c2ccnc3[nH]c(-c4ccc(CN(C)C)cc4)cc23)c(-c2ccc(NC(=O)CN3CCCC3)cc2)n1. The van der Waals surface area contributed by atoms with E-state index in [1.54, 1.807) is 0 Å². The van der Waals surface area contributed by atoms with Gasteiger partial charge in [0.2, 0.25) is 5.91 Å². The van der Waals surface area contributed by atoms with E-state index in [0.717, 1.165) is 70.0 Å². The number of pyridine rings is 1. The number of fused-ring (bicyclic) bond motifs is 1. The first-order valence-electron chi connectivity index (χ1n) is 14.8. The Morgan fingerprint density at radius 2 is 1.69 bits per heavy atom. The number of amides is 1. The minimum atomic E-state index is 0.0317. The topological polar surface area (TPSA) is 82.1 Å². The average Bonchev–Trinajstić information content (AvgIpc) is 3.73. The highest BCUT2D eigenvalue weighted by Crippen LogP contribution is 2.37. The summed E-state index contributed by atoms with van der Waals surface area (Å²) in [5.41, 5.74) is 9.12. The van der Waals surface area contributed by atoms with Crippen LogP contribution in [0, 0.1) is 0 Å². The maximum Gasteiger partial charge on any atom is 0.238 e. The molecule has 8 nitrogen and oxygen atoms in total. The number of hydrogen-bond acceptors (Lipinski definition) is 5. The van der Waals surface area contributed by atoms with Crippen LogP contribution in [0.2, 0.25) is 0 Å². The van der Waals surface area contributed by atoms with Gasteiger partial charge in [0.05, 0.1) is 6.54 Å². The fourth-order valence-electron chi connectivity index (χ4n) is 5.69. The van der Waals surface area contributed by atoms with Gasteiger partial charge in [-0.15, -0.1) is 0 Å². The third kappa shape index (κ3) is 6.00. The summed E-state index contributed by atoms with van der Waals surface area (Å²) in [6.45, 7) is 7.63. The quantitative estimate of drug-likeness (QED) is 0.217. The molecule has 42 heavy (non-hydrogen) atoms. The minimum absolute atomic E-state index is 0.0317. The molecule has 2 aromatic carbocycles. The van der Waals surface area contributed by atoms with Gasteiger partial charge in [-0.25, -0.2) is 4.98 Å². The Balaban J connectivity index is 1.31. The molecule has 3 aromatic heterocycles. The summed E-state index contributed by atoms with van der Waals surface area (Å²) in [4.78, 5) is 25.1. The van der Waals surface area contributed by atoms with Gasteiger partial charge in [0.25, 0.3) is 0 Å². The Hall–Kier alpha value is -4.27. The molecule has 1 aliphatic rings. The number of likely N-dealkylation sites (tertiary alicyclic amines) is 1. The second-order valence-electron chi connectivity index (χ2n) is 11.8. The molecule has 1 saturated heterocycles. The van der Waals surface area contributed by atoms with Gasteiger partial charge < -0.3 is 15.2 Å². The van der Waals surface area contributed by atoms with Crippen molar-refractivity contribution in [3.05, 3.63) is 78.6 Å². The van der Waals surface area contributed by atoms with Crippen molar-refractivity contribution < 1.29 is 4.79 Å². The van der Waals surface area contributed by atoms with E-state index in [2.05, 4.69) is 95.6 Å². The van der Waals surface area contributed by atoms with E-state index in [1.807, 2.05) is 35.1 Å². The van der Waals surface area contributed by atoms with Gasteiger partial charge in [-0.2, -0.15) is 5.10 Å². The van der Waals surface area contributed by atoms with Crippen molar-refractivity contribution in [1.29, 1.82) is 0 Å². The number of nitrogens with one attached hydrogen (secondary N) is 2. The first kappa shape index (κ1) is 27.9. The number of rotatable bonds is 9. The number of benzene rings is 2. The molecular formula is C34H39N7O. The normalized spacial score (nSPS) is 14.0. The smallest absolute Gasteiger partial charge is 0.238 e. The molecule has 1 amide bonds. The summed E-state index contributed by atoms with van der Waals surface area (Å²) in [5, 5.41) is 9.12. The third-order valence-corrected chi connectivity index (χ3v) is 7.85. The minimum Gasteiger partial charge on any atom is -0.339 e. The van der Waals surface area contributed by atoms with Gasteiger partial charge >= 0.3 is 0 Å². The predicted molar refractivity (Wildman–Crippen MR) is 170 cm³/mol. The van der Waals surface area contributed by atoms with Crippen LogP contribution in [0.15, 0.2) is 73.1 Å². The van der Waals surface area contributed by atoms with Crippen LogP contribution in [0.5, 0.6) is 0 Å². The number of nitrogens with zero attached hydrogens (tertiary/aromatic N) is 5. The van der Waals surface area contributed by atoms with Crippen LogP contribution in [0.1, 0.15) is 38.3 Å². The zero-order valence-corrected chi connectivity index (χ0v) is 24.9. The van der Waals surface area contributed by atoms with Crippen LogP contribution < -0.4 is 5.32 Å². The highest BCUT2D eigenvalue weighted by molar-refractivity contribution is 5.99. The predicted octanol–water partition coefficient (Wildman–Crippen LogP) is 6.44. The number of aromatic nitrogens is 4. The van der Waals surface area contributed by atoms with Crippen molar-refractivity contribution in [2.45, 2.75) is 39.3 Å². The van der Waals surface area contributed by atoms with E-state index < -0.39 is 0 Å². The van der Waals surface area contributed by atoms with E-state index in [9.17, 15) is 4.79 Å². The Kier molecular flexibility index (Phi) is 7.91. The molecule has 6 rings (SSSR count). The maximum absolute atomic E-state index is 12.5. The third-order valence-electron chi connectivity index (χ3n) is 7.85. The van der Waals surface area contributed by atoms with Crippen LogP contribution in [-0.4, -0.2) is 69.2 Å². The summed E-state index contributed by atoms with van der Waals surface area (Å²) in [7, 11) is 4.16. The lowest BCUT2D eigenvalue weighted by Gasteiger charge is -2.14. The maximum atomic E-state index is 12.5. The number of H-pyrrole nitrogens is 1. The standard InChI is InChI=1S/C34H39N7O/c1-23(2)41-21-30(33(38-41)26-11-13-27(14-12-26)36-32(42)22-40-17-5-6-18-40)28-15-16-35-34-29(28)19-31(37-34)25-9-7-24(8-10-25)20-39(3)4/h7-16,19,21,23H,5-6,17-18,20,22H2,1-4H3,(H,35,37)(H,36,42). The summed E-state index contributed by atoms with van der Waals surface area (Å²) in [5.74, 6) is 0.0317. The van der Waals surface area contributed by atoms with Crippen molar-refractivity contribution in [3.63, 3.8) is 0 Å². The first-order valence-corrected chi connectivity index (χ1v) is 14.8. The summed E-state index contributed by atoms with van der Waals surface area (Å²) >= 11 is 0. The van der Waals surface area contributed by atoms with E-state index >= 15 is 0 Å². The highest BCUT2D eigenvalue weighted by atomic mass is 16.2. The molecule has 4 heterocycles. The van der Waals surface area contributed by atoms with E-state index in [4.69, 9.17) is 5.10 Å². The van der Waals surface area contributed by atoms with Crippen LogP contribution in [0.3, 0.4) is 0 Å². The van der Waals surface area contributed by atoms with Gasteiger partial charge in [0.1, 0.15) is 11.3 Å². The molecule has 1 fully saturated rings. The average molecular weight is 562 g/mol. The molecule has 216 valence electrons.